The maximum Gasteiger partial charge on any atom is 0.267 e. The first-order valence-corrected chi connectivity index (χ1v) is 8.73. The van der Waals surface area contributed by atoms with E-state index in [0.717, 1.165) is 40.3 Å². The van der Waals surface area contributed by atoms with Crippen LogP contribution in [-0.2, 0) is 6.54 Å². The number of aryl methyl sites for hydroxylation is 1. The molecule has 3 aromatic rings. The standard InChI is InChI=1S/C21H20N2O3/c1-15-5-2-3-6-17(15)14-23-21(24)10-8-18(22-23)16-7-9-19-20(13-16)26-12-4-11-25-19/h2-3,5-10,13H,4,11-12,14H2,1H3. The third kappa shape index (κ3) is 3.33. The molecule has 1 aliphatic rings. The first kappa shape index (κ1) is 16.4. The number of rotatable bonds is 3. The average molecular weight is 348 g/mol. The predicted octanol–water partition coefficient (Wildman–Crippen LogP) is 3.43. The Labute approximate surface area is 151 Å². The van der Waals surface area contributed by atoms with Crippen LogP contribution in [0.4, 0.5) is 0 Å². The summed E-state index contributed by atoms with van der Waals surface area (Å²) in [7, 11) is 0. The van der Waals surface area contributed by atoms with Crippen LogP contribution in [0.5, 0.6) is 11.5 Å². The van der Waals surface area contributed by atoms with Gasteiger partial charge in [-0.05, 0) is 42.3 Å². The number of ether oxygens (including phenoxy) is 2. The van der Waals surface area contributed by atoms with E-state index in [2.05, 4.69) is 5.10 Å². The number of benzene rings is 2. The van der Waals surface area contributed by atoms with E-state index in [1.165, 1.54) is 4.68 Å². The van der Waals surface area contributed by atoms with Gasteiger partial charge in [0.05, 0.1) is 25.5 Å². The number of aromatic nitrogens is 2. The van der Waals surface area contributed by atoms with Crippen molar-refractivity contribution in [3.05, 3.63) is 76.1 Å². The smallest absolute Gasteiger partial charge is 0.267 e. The molecule has 0 unspecified atom stereocenters. The lowest BCUT2D eigenvalue weighted by Crippen LogP contribution is -2.23. The minimum absolute atomic E-state index is 0.119. The maximum absolute atomic E-state index is 12.3. The van der Waals surface area contributed by atoms with Crippen molar-refractivity contribution in [3.8, 4) is 22.8 Å². The Morgan fingerprint density at radius 2 is 1.81 bits per heavy atom. The van der Waals surface area contributed by atoms with E-state index < -0.39 is 0 Å². The number of nitrogens with zero attached hydrogens (tertiary/aromatic N) is 2. The molecule has 0 saturated carbocycles. The molecule has 0 amide bonds. The Bertz CT molecular complexity index is 995. The van der Waals surface area contributed by atoms with Crippen LogP contribution in [0.25, 0.3) is 11.3 Å². The summed E-state index contributed by atoms with van der Waals surface area (Å²) in [4.78, 5) is 12.3. The van der Waals surface area contributed by atoms with Gasteiger partial charge in [0, 0.05) is 18.1 Å². The van der Waals surface area contributed by atoms with Crippen molar-refractivity contribution in [1.82, 2.24) is 9.78 Å². The van der Waals surface area contributed by atoms with Crippen LogP contribution in [0.3, 0.4) is 0 Å². The van der Waals surface area contributed by atoms with Gasteiger partial charge in [-0.3, -0.25) is 4.79 Å². The lowest BCUT2D eigenvalue weighted by atomic mass is 10.1. The van der Waals surface area contributed by atoms with Crippen molar-refractivity contribution in [3.63, 3.8) is 0 Å². The highest BCUT2D eigenvalue weighted by Gasteiger charge is 2.13. The summed E-state index contributed by atoms with van der Waals surface area (Å²) in [5.41, 5.74) is 3.73. The Kier molecular flexibility index (Phi) is 4.44. The van der Waals surface area contributed by atoms with Gasteiger partial charge in [0.1, 0.15) is 0 Å². The van der Waals surface area contributed by atoms with Crippen molar-refractivity contribution < 1.29 is 9.47 Å². The van der Waals surface area contributed by atoms with Gasteiger partial charge in [-0.2, -0.15) is 5.10 Å². The van der Waals surface area contributed by atoms with Crippen LogP contribution in [0.15, 0.2) is 59.4 Å². The van der Waals surface area contributed by atoms with Gasteiger partial charge in [-0.25, -0.2) is 4.68 Å². The summed E-state index contributed by atoms with van der Waals surface area (Å²) in [6.07, 6.45) is 0.865. The second kappa shape index (κ2) is 7.04. The summed E-state index contributed by atoms with van der Waals surface area (Å²) in [6.45, 7) is 3.78. The SMILES string of the molecule is Cc1ccccc1Cn1nc(-c2ccc3c(c2)OCCCO3)ccc1=O. The van der Waals surface area contributed by atoms with E-state index in [1.807, 2.05) is 49.4 Å². The van der Waals surface area contributed by atoms with E-state index in [0.29, 0.717) is 19.8 Å². The zero-order chi connectivity index (χ0) is 17.9. The number of hydrogen-bond acceptors (Lipinski definition) is 4. The zero-order valence-electron chi connectivity index (χ0n) is 14.6. The van der Waals surface area contributed by atoms with E-state index in [1.54, 1.807) is 12.1 Å². The minimum atomic E-state index is -0.119. The monoisotopic (exact) mass is 348 g/mol. The molecule has 0 saturated heterocycles. The fraction of sp³-hybridized carbons (Fsp3) is 0.238. The highest BCUT2D eigenvalue weighted by atomic mass is 16.5. The predicted molar refractivity (Wildman–Crippen MR) is 99.8 cm³/mol. The molecule has 4 rings (SSSR count). The van der Waals surface area contributed by atoms with Gasteiger partial charge in [-0.15, -0.1) is 0 Å². The highest BCUT2D eigenvalue weighted by Crippen LogP contribution is 2.33. The molecule has 1 aliphatic heterocycles. The Hall–Kier alpha value is -3.08. The van der Waals surface area contributed by atoms with E-state index >= 15 is 0 Å². The molecule has 132 valence electrons. The summed E-state index contributed by atoms with van der Waals surface area (Å²) in [5, 5.41) is 4.56. The normalized spacial score (nSPS) is 13.3. The molecule has 2 heterocycles. The molecule has 1 aromatic heterocycles. The lowest BCUT2D eigenvalue weighted by molar-refractivity contribution is 0.297. The fourth-order valence-corrected chi connectivity index (χ4v) is 2.99. The van der Waals surface area contributed by atoms with Gasteiger partial charge in [-0.1, -0.05) is 24.3 Å². The maximum atomic E-state index is 12.3. The third-order valence-corrected chi connectivity index (χ3v) is 4.49. The van der Waals surface area contributed by atoms with Crippen LogP contribution in [-0.4, -0.2) is 23.0 Å². The fourth-order valence-electron chi connectivity index (χ4n) is 2.99. The van der Waals surface area contributed by atoms with Crippen LogP contribution in [0.1, 0.15) is 17.5 Å². The van der Waals surface area contributed by atoms with Gasteiger partial charge < -0.3 is 9.47 Å². The van der Waals surface area contributed by atoms with Crippen LogP contribution >= 0.6 is 0 Å². The molecule has 5 nitrogen and oxygen atoms in total. The second-order valence-electron chi connectivity index (χ2n) is 6.35. The van der Waals surface area contributed by atoms with E-state index in [4.69, 9.17) is 9.47 Å². The Morgan fingerprint density at radius 1 is 1.00 bits per heavy atom. The molecule has 0 fully saturated rings. The van der Waals surface area contributed by atoms with Crippen molar-refractivity contribution in [2.45, 2.75) is 19.9 Å². The Balaban J connectivity index is 1.69. The zero-order valence-corrected chi connectivity index (χ0v) is 14.6. The van der Waals surface area contributed by atoms with Crippen molar-refractivity contribution in [2.75, 3.05) is 13.2 Å². The van der Waals surface area contributed by atoms with E-state index in [-0.39, 0.29) is 5.56 Å². The van der Waals surface area contributed by atoms with Crippen LogP contribution in [0, 0.1) is 6.92 Å². The second-order valence-corrected chi connectivity index (χ2v) is 6.35. The molecule has 0 aliphatic carbocycles. The van der Waals surface area contributed by atoms with Gasteiger partial charge in [0.15, 0.2) is 11.5 Å². The molecular weight excluding hydrogens is 328 g/mol. The summed E-state index contributed by atoms with van der Waals surface area (Å²) >= 11 is 0. The summed E-state index contributed by atoms with van der Waals surface area (Å²) < 4.78 is 12.9. The molecule has 0 atom stereocenters. The quantitative estimate of drug-likeness (QED) is 0.728. The lowest BCUT2D eigenvalue weighted by Gasteiger charge is -2.11. The summed E-state index contributed by atoms with van der Waals surface area (Å²) in [5.74, 6) is 1.47. The topological polar surface area (TPSA) is 53.4 Å². The minimum Gasteiger partial charge on any atom is -0.490 e. The largest absolute Gasteiger partial charge is 0.490 e. The molecule has 0 radical (unpaired) electrons. The molecular formula is C21H20N2O3. The number of fused-ring (bicyclic) bond motifs is 1. The van der Waals surface area contributed by atoms with Crippen molar-refractivity contribution >= 4 is 0 Å². The molecule has 2 aromatic carbocycles. The molecule has 5 heteroatoms. The van der Waals surface area contributed by atoms with Crippen LogP contribution in [0.2, 0.25) is 0 Å². The first-order chi connectivity index (χ1) is 12.7. The number of hydrogen-bond donors (Lipinski definition) is 0. The molecule has 0 spiro atoms. The Morgan fingerprint density at radius 3 is 2.65 bits per heavy atom. The van der Waals surface area contributed by atoms with Gasteiger partial charge in [0.25, 0.3) is 5.56 Å². The summed E-state index contributed by atoms with van der Waals surface area (Å²) in [6, 6.07) is 17.1. The molecule has 0 bridgehead atoms. The van der Waals surface area contributed by atoms with Crippen molar-refractivity contribution in [2.24, 2.45) is 0 Å². The van der Waals surface area contributed by atoms with Gasteiger partial charge in [0.2, 0.25) is 0 Å². The average Bonchev–Trinajstić information content (AvgIpc) is 2.90. The molecule has 0 N–H and O–H groups in total. The van der Waals surface area contributed by atoms with Crippen LogP contribution < -0.4 is 15.0 Å². The van der Waals surface area contributed by atoms with Gasteiger partial charge >= 0.3 is 0 Å². The third-order valence-electron chi connectivity index (χ3n) is 4.49. The molecule has 26 heavy (non-hydrogen) atoms. The van der Waals surface area contributed by atoms with E-state index in [9.17, 15) is 4.79 Å². The highest BCUT2D eigenvalue weighted by molar-refractivity contribution is 5.63. The van der Waals surface area contributed by atoms with Crippen molar-refractivity contribution in [1.29, 1.82) is 0 Å². The first-order valence-electron chi connectivity index (χ1n) is 8.73.